The van der Waals surface area contributed by atoms with Crippen LogP contribution in [0.4, 0.5) is 5.69 Å². The van der Waals surface area contributed by atoms with E-state index in [1.807, 2.05) is 55.5 Å². The highest BCUT2D eigenvalue weighted by molar-refractivity contribution is 5.98. The highest BCUT2D eigenvalue weighted by Crippen LogP contribution is 2.24. The predicted octanol–water partition coefficient (Wildman–Crippen LogP) is 2.79. The summed E-state index contributed by atoms with van der Waals surface area (Å²) < 4.78 is 5.57. The van der Waals surface area contributed by atoms with Crippen LogP contribution < -0.4 is 15.8 Å². The number of nitrogens with one attached hydrogen (secondary N) is 1. The Morgan fingerprint density at radius 3 is 2.67 bits per heavy atom. The first kappa shape index (κ1) is 14.7. The van der Waals surface area contributed by atoms with Crippen LogP contribution in [0.1, 0.15) is 18.1 Å². The number of benzene rings is 2. The molecule has 5 heteroatoms. The van der Waals surface area contributed by atoms with Crippen molar-refractivity contribution in [2.45, 2.75) is 13.5 Å². The summed E-state index contributed by atoms with van der Waals surface area (Å²) in [5, 5.41) is 15.2. The number of hydrogen-bond acceptors (Lipinski definition) is 4. The summed E-state index contributed by atoms with van der Waals surface area (Å²) in [7, 11) is 0. The van der Waals surface area contributed by atoms with E-state index in [1.54, 1.807) is 0 Å². The average Bonchev–Trinajstić information content (AvgIpc) is 2.54. The number of hydrogen-bond donors (Lipinski definition) is 3. The third kappa shape index (κ3) is 3.66. The van der Waals surface area contributed by atoms with Gasteiger partial charge in [0.15, 0.2) is 5.84 Å². The largest absolute Gasteiger partial charge is 0.492 e. The Hall–Kier alpha value is -2.69. The van der Waals surface area contributed by atoms with Crippen LogP contribution in [0.25, 0.3) is 0 Å². The van der Waals surface area contributed by atoms with E-state index < -0.39 is 0 Å². The van der Waals surface area contributed by atoms with Gasteiger partial charge in [0.1, 0.15) is 5.75 Å². The molecule has 0 radical (unpaired) electrons. The van der Waals surface area contributed by atoms with Crippen LogP contribution in [-0.2, 0) is 6.54 Å². The first-order valence-corrected chi connectivity index (χ1v) is 6.77. The van der Waals surface area contributed by atoms with E-state index >= 15 is 0 Å². The standard InChI is InChI=1S/C16H19N3O2/c1-2-21-15-10-6-5-9-14(15)18-11-12-7-3-4-8-13(12)16(17)19-20/h3-10,18,20H,2,11H2,1H3,(H2,17,19). The number of oxime groups is 1. The number of ether oxygens (including phenoxy) is 1. The molecule has 2 aromatic rings. The van der Waals surface area contributed by atoms with Gasteiger partial charge in [-0.05, 0) is 24.6 Å². The van der Waals surface area contributed by atoms with E-state index in [0.29, 0.717) is 18.7 Å². The van der Waals surface area contributed by atoms with Crippen molar-refractivity contribution >= 4 is 11.5 Å². The fourth-order valence-electron chi connectivity index (χ4n) is 2.06. The van der Waals surface area contributed by atoms with Crippen molar-refractivity contribution in [1.29, 1.82) is 0 Å². The zero-order valence-electron chi connectivity index (χ0n) is 11.9. The molecule has 2 rings (SSSR count). The second-order valence-electron chi connectivity index (χ2n) is 4.43. The van der Waals surface area contributed by atoms with E-state index in [1.165, 1.54) is 0 Å². The van der Waals surface area contributed by atoms with Crippen molar-refractivity contribution in [2.24, 2.45) is 10.9 Å². The lowest BCUT2D eigenvalue weighted by Gasteiger charge is -2.14. The van der Waals surface area contributed by atoms with Gasteiger partial charge in [0, 0.05) is 12.1 Å². The monoisotopic (exact) mass is 285 g/mol. The molecule has 110 valence electrons. The second kappa shape index (κ2) is 7.19. The van der Waals surface area contributed by atoms with Gasteiger partial charge in [-0.1, -0.05) is 41.6 Å². The zero-order chi connectivity index (χ0) is 15.1. The summed E-state index contributed by atoms with van der Waals surface area (Å²) in [6, 6.07) is 15.3. The molecule has 5 nitrogen and oxygen atoms in total. The van der Waals surface area contributed by atoms with E-state index in [2.05, 4.69) is 10.5 Å². The number of nitrogens with two attached hydrogens (primary N) is 1. The molecule has 0 saturated carbocycles. The van der Waals surface area contributed by atoms with Crippen LogP contribution in [0.2, 0.25) is 0 Å². The fourth-order valence-corrected chi connectivity index (χ4v) is 2.06. The van der Waals surface area contributed by atoms with Gasteiger partial charge in [-0.3, -0.25) is 0 Å². The third-order valence-electron chi connectivity index (χ3n) is 3.06. The Kier molecular flexibility index (Phi) is 5.04. The molecule has 0 aliphatic rings. The molecule has 0 aliphatic carbocycles. The highest BCUT2D eigenvalue weighted by Gasteiger charge is 2.07. The highest BCUT2D eigenvalue weighted by atomic mass is 16.5. The molecule has 0 spiro atoms. The maximum Gasteiger partial charge on any atom is 0.170 e. The Morgan fingerprint density at radius 1 is 1.19 bits per heavy atom. The Bertz CT molecular complexity index is 626. The van der Waals surface area contributed by atoms with Crippen molar-refractivity contribution in [2.75, 3.05) is 11.9 Å². The lowest BCUT2D eigenvalue weighted by Crippen LogP contribution is -2.16. The smallest absolute Gasteiger partial charge is 0.170 e. The average molecular weight is 285 g/mol. The van der Waals surface area contributed by atoms with Crippen molar-refractivity contribution in [3.05, 3.63) is 59.7 Å². The molecule has 0 aromatic heterocycles. The lowest BCUT2D eigenvalue weighted by atomic mass is 10.1. The van der Waals surface area contributed by atoms with Gasteiger partial charge in [0.2, 0.25) is 0 Å². The molecule has 0 heterocycles. The SMILES string of the molecule is CCOc1ccccc1NCc1ccccc1C(N)=NO. The molecule has 0 unspecified atom stereocenters. The molecular weight excluding hydrogens is 266 g/mol. The molecule has 0 fully saturated rings. The summed E-state index contributed by atoms with van der Waals surface area (Å²) in [4.78, 5) is 0. The van der Waals surface area contributed by atoms with Gasteiger partial charge >= 0.3 is 0 Å². The van der Waals surface area contributed by atoms with E-state index in [-0.39, 0.29) is 5.84 Å². The second-order valence-corrected chi connectivity index (χ2v) is 4.43. The molecule has 0 aliphatic heterocycles. The van der Waals surface area contributed by atoms with Gasteiger partial charge in [-0.25, -0.2) is 0 Å². The minimum Gasteiger partial charge on any atom is -0.492 e. The predicted molar refractivity (Wildman–Crippen MR) is 83.9 cm³/mol. The molecule has 2 aromatic carbocycles. The van der Waals surface area contributed by atoms with E-state index in [9.17, 15) is 0 Å². The number of rotatable bonds is 6. The molecule has 21 heavy (non-hydrogen) atoms. The number of nitrogens with zero attached hydrogens (tertiary/aromatic N) is 1. The zero-order valence-corrected chi connectivity index (χ0v) is 11.9. The van der Waals surface area contributed by atoms with Crippen LogP contribution in [0.3, 0.4) is 0 Å². The minimum absolute atomic E-state index is 0.102. The molecular formula is C16H19N3O2. The third-order valence-corrected chi connectivity index (χ3v) is 3.06. The normalized spacial score (nSPS) is 11.2. The van der Waals surface area contributed by atoms with Gasteiger partial charge in [-0.2, -0.15) is 0 Å². The van der Waals surface area contributed by atoms with Crippen LogP contribution in [0, 0.1) is 0 Å². The van der Waals surface area contributed by atoms with E-state index in [4.69, 9.17) is 15.7 Å². The van der Waals surface area contributed by atoms with Gasteiger partial charge in [-0.15, -0.1) is 0 Å². The van der Waals surface area contributed by atoms with Crippen molar-refractivity contribution < 1.29 is 9.94 Å². The molecule has 0 atom stereocenters. The summed E-state index contributed by atoms with van der Waals surface area (Å²) in [5.41, 5.74) is 8.25. The minimum atomic E-state index is 0.102. The van der Waals surface area contributed by atoms with Crippen LogP contribution in [-0.4, -0.2) is 17.6 Å². The molecule has 0 bridgehead atoms. The molecule has 0 saturated heterocycles. The number of amidine groups is 1. The van der Waals surface area contributed by atoms with Crippen molar-refractivity contribution in [3.8, 4) is 5.75 Å². The van der Waals surface area contributed by atoms with Gasteiger partial charge < -0.3 is 21.0 Å². The first-order chi connectivity index (χ1) is 10.3. The van der Waals surface area contributed by atoms with Crippen LogP contribution in [0.15, 0.2) is 53.7 Å². The summed E-state index contributed by atoms with van der Waals surface area (Å²) in [5.74, 6) is 0.909. The molecule has 0 amide bonds. The fraction of sp³-hybridized carbons (Fsp3) is 0.188. The van der Waals surface area contributed by atoms with Gasteiger partial charge in [0.05, 0.1) is 12.3 Å². The Balaban J connectivity index is 2.17. The Labute approximate surface area is 124 Å². The van der Waals surface area contributed by atoms with Gasteiger partial charge in [0.25, 0.3) is 0 Å². The maximum atomic E-state index is 8.83. The van der Waals surface area contributed by atoms with Crippen molar-refractivity contribution in [1.82, 2.24) is 0 Å². The van der Waals surface area contributed by atoms with Crippen LogP contribution in [0.5, 0.6) is 5.75 Å². The first-order valence-electron chi connectivity index (χ1n) is 6.77. The summed E-state index contributed by atoms with van der Waals surface area (Å²) in [6.07, 6.45) is 0. The maximum absolute atomic E-state index is 8.83. The topological polar surface area (TPSA) is 79.9 Å². The van der Waals surface area contributed by atoms with Crippen LogP contribution >= 0.6 is 0 Å². The van der Waals surface area contributed by atoms with Crippen molar-refractivity contribution in [3.63, 3.8) is 0 Å². The number of para-hydroxylation sites is 2. The lowest BCUT2D eigenvalue weighted by molar-refractivity contribution is 0.318. The summed E-state index contributed by atoms with van der Waals surface area (Å²) >= 11 is 0. The number of anilines is 1. The van der Waals surface area contributed by atoms with E-state index in [0.717, 1.165) is 17.0 Å². The Morgan fingerprint density at radius 2 is 1.90 bits per heavy atom. The molecule has 4 N–H and O–H groups in total. The quantitative estimate of drug-likeness (QED) is 0.330. The summed E-state index contributed by atoms with van der Waals surface area (Å²) in [6.45, 7) is 3.11.